The van der Waals surface area contributed by atoms with E-state index in [-0.39, 0.29) is 16.9 Å². The minimum atomic E-state index is -3.49. The summed E-state index contributed by atoms with van der Waals surface area (Å²) in [6.45, 7) is 7.21. The Labute approximate surface area is 127 Å². The Kier molecular flexibility index (Phi) is 4.56. The Balaban J connectivity index is 2.24. The van der Waals surface area contributed by atoms with Crippen molar-refractivity contribution >= 4 is 10.0 Å². The van der Waals surface area contributed by atoms with Gasteiger partial charge in [-0.25, -0.2) is 8.42 Å². The highest BCUT2D eigenvalue weighted by molar-refractivity contribution is 7.89. The second-order valence-electron chi connectivity index (χ2n) is 6.40. The third-order valence-electron chi connectivity index (χ3n) is 3.85. The molecule has 0 aliphatic carbocycles. The van der Waals surface area contributed by atoms with Crippen molar-refractivity contribution in [2.45, 2.75) is 38.7 Å². The summed E-state index contributed by atoms with van der Waals surface area (Å²) in [4.78, 5) is 0.252. The number of hydrogen-bond acceptors (Lipinski definition) is 3. The van der Waals surface area contributed by atoms with Gasteiger partial charge >= 0.3 is 0 Å². The topological polar surface area (TPSA) is 57.6 Å². The van der Waals surface area contributed by atoms with E-state index in [9.17, 15) is 8.42 Å². The number of aliphatic hydroxyl groups is 1. The van der Waals surface area contributed by atoms with Crippen LogP contribution in [0.25, 0.3) is 0 Å². The molecule has 1 heterocycles. The van der Waals surface area contributed by atoms with Crippen molar-refractivity contribution in [1.29, 1.82) is 0 Å². The molecule has 116 valence electrons. The highest BCUT2D eigenvalue weighted by atomic mass is 32.2. The molecule has 1 aliphatic heterocycles. The molecule has 0 spiro atoms. The molecular formula is C16H23NO3S. The molecule has 21 heavy (non-hydrogen) atoms. The molecule has 1 N–H and O–H groups in total. The van der Waals surface area contributed by atoms with Gasteiger partial charge in [-0.2, -0.15) is 4.31 Å². The van der Waals surface area contributed by atoms with Gasteiger partial charge in [0.1, 0.15) is 0 Å². The van der Waals surface area contributed by atoms with Gasteiger partial charge in [0.2, 0.25) is 10.0 Å². The molecule has 1 aromatic carbocycles. The minimum Gasteiger partial charge on any atom is -0.392 e. The Bertz CT molecular complexity index is 642. The lowest BCUT2D eigenvalue weighted by Crippen LogP contribution is -2.36. The summed E-state index contributed by atoms with van der Waals surface area (Å²) in [5.74, 6) is 0. The van der Waals surface area contributed by atoms with Gasteiger partial charge < -0.3 is 5.11 Å². The zero-order chi connectivity index (χ0) is 15.7. The van der Waals surface area contributed by atoms with Crippen molar-refractivity contribution in [3.05, 3.63) is 41.5 Å². The van der Waals surface area contributed by atoms with E-state index in [2.05, 4.69) is 20.8 Å². The smallest absolute Gasteiger partial charge is 0.243 e. The maximum Gasteiger partial charge on any atom is 0.243 e. The molecule has 1 aromatic rings. The van der Waals surface area contributed by atoms with Crippen LogP contribution in [0, 0.1) is 5.41 Å². The standard InChI is InChI=1S/C16H23NO3S/c1-16(2,3)14-7-9-17(10-8-14)21(19,20)15-6-4-5-13(11-15)12-18/h4-7,11,18H,8-10,12H2,1-3H3. The number of rotatable bonds is 3. The first kappa shape index (κ1) is 16.2. The third-order valence-corrected chi connectivity index (χ3v) is 5.72. The van der Waals surface area contributed by atoms with Crippen molar-refractivity contribution < 1.29 is 13.5 Å². The fraction of sp³-hybridized carbons (Fsp3) is 0.500. The number of hydrogen-bond donors (Lipinski definition) is 1. The van der Waals surface area contributed by atoms with Crippen molar-refractivity contribution in [1.82, 2.24) is 4.31 Å². The first-order valence-electron chi connectivity index (χ1n) is 7.14. The quantitative estimate of drug-likeness (QED) is 0.873. The predicted octanol–water partition coefficient (Wildman–Crippen LogP) is 2.55. The van der Waals surface area contributed by atoms with Crippen LogP contribution in [0.2, 0.25) is 0 Å². The first-order chi connectivity index (χ1) is 9.75. The lowest BCUT2D eigenvalue weighted by atomic mass is 9.83. The van der Waals surface area contributed by atoms with Crippen LogP contribution < -0.4 is 0 Å². The highest BCUT2D eigenvalue weighted by Crippen LogP contribution is 2.31. The van der Waals surface area contributed by atoms with Crippen molar-refractivity contribution in [3.63, 3.8) is 0 Å². The second kappa shape index (κ2) is 5.91. The maximum absolute atomic E-state index is 12.6. The van der Waals surface area contributed by atoms with Crippen LogP contribution in [-0.4, -0.2) is 30.9 Å². The van der Waals surface area contributed by atoms with Crippen LogP contribution in [0.4, 0.5) is 0 Å². The summed E-state index contributed by atoms with van der Waals surface area (Å²) in [5, 5.41) is 9.14. The Morgan fingerprint density at radius 3 is 2.52 bits per heavy atom. The van der Waals surface area contributed by atoms with E-state index in [0.29, 0.717) is 18.7 Å². The van der Waals surface area contributed by atoms with E-state index >= 15 is 0 Å². The van der Waals surface area contributed by atoms with E-state index in [1.807, 2.05) is 6.08 Å². The third kappa shape index (κ3) is 3.54. The SMILES string of the molecule is CC(C)(C)C1=CCN(S(=O)(=O)c2cccc(CO)c2)CC1. The average molecular weight is 309 g/mol. The molecule has 1 aliphatic rings. The predicted molar refractivity (Wildman–Crippen MR) is 83.3 cm³/mol. The van der Waals surface area contributed by atoms with Gasteiger partial charge in [0.05, 0.1) is 11.5 Å². The van der Waals surface area contributed by atoms with Crippen LogP contribution in [0.15, 0.2) is 40.8 Å². The molecule has 0 saturated heterocycles. The molecule has 0 amide bonds. The minimum absolute atomic E-state index is 0.0899. The summed E-state index contributed by atoms with van der Waals surface area (Å²) in [5.41, 5.74) is 2.00. The highest BCUT2D eigenvalue weighted by Gasteiger charge is 2.28. The van der Waals surface area contributed by atoms with Crippen LogP contribution in [-0.2, 0) is 16.6 Å². The van der Waals surface area contributed by atoms with E-state index in [0.717, 1.165) is 6.42 Å². The van der Waals surface area contributed by atoms with Gasteiger partial charge in [0, 0.05) is 13.1 Å². The normalized spacial score (nSPS) is 17.6. The van der Waals surface area contributed by atoms with Gasteiger partial charge in [-0.15, -0.1) is 0 Å². The zero-order valence-electron chi connectivity index (χ0n) is 12.8. The number of benzene rings is 1. The lowest BCUT2D eigenvalue weighted by Gasteiger charge is -2.31. The molecule has 2 rings (SSSR count). The van der Waals surface area contributed by atoms with Crippen molar-refractivity contribution in [2.75, 3.05) is 13.1 Å². The van der Waals surface area contributed by atoms with E-state index in [1.165, 1.54) is 9.88 Å². The summed E-state index contributed by atoms with van der Waals surface area (Å²) in [6, 6.07) is 6.50. The second-order valence-corrected chi connectivity index (χ2v) is 8.34. The fourth-order valence-corrected chi connectivity index (χ4v) is 3.95. The molecule has 5 heteroatoms. The Morgan fingerprint density at radius 2 is 2.00 bits per heavy atom. The Morgan fingerprint density at radius 1 is 1.29 bits per heavy atom. The van der Waals surface area contributed by atoms with Crippen molar-refractivity contribution in [2.24, 2.45) is 5.41 Å². The largest absolute Gasteiger partial charge is 0.392 e. The van der Waals surface area contributed by atoms with Gasteiger partial charge in [-0.05, 0) is 29.5 Å². The van der Waals surface area contributed by atoms with Gasteiger partial charge in [0.15, 0.2) is 0 Å². The van der Waals surface area contributed by atoms with Gasteiger partial charge in [0.25, 0.3) is 0 Å². The Hall–Kier alpha value is -1.17. The van der Waals surface area contributed by atoms with Crippen LogP contribution >= 0.6 is 0 Å². The molecule has 4 nitrogen and oxygen atoms in total. The summed E-state index contributed by atoms with van der Waals surface area (Å²) in [6.07, 6.45) is 2.79. The number of nitrogens with zero attached hydrogens (tertiary/aromatic N) is 1. The fourth-order valence-electron chi connectivity index (χ4n) is 2.50. The molecular weight excluding hydrogens is 286 g/mol. The zero-order valence-corrected chi connectivity index (χ0v) is 13.7. The number of aliphatic hydroxyl groups excluding tert-OH is 1. The van der Waals surface area contributed by atoms with E-state index < -0.39 is 10.0 Å². The first-order valence-corrected chi connectivity index (χ1v) is 8.58. The molecule has 0 fully saturated rings. The van der Waals surface area contributed by atoms with Crippen LogP contribution in [0.1, 0.15) is 32.8 Å². The molecule has 0 atom stereocenters. The van der Waals surface area contributed by atoms with Gasteiger partial charge in [-0.3, -0.25) is 0 Å². The molecule has 0 unspecified atom stereocenters. The summed E-state index contributed by atoms with van der Waals surface area (Å²) < 4.78 is 26.8. The van der Waals surface area contributed by atoms with Crippen molar-refractivity contribution in [3.8, 4) is 0 Å². The maximum atomic E-state index is 12.6. The molecule has 0 bridgehead atoms. The summed E-state index contributed by atoms with van der Waals surface area (Å²) in [7, 11) is -3.49. The van der Waals surface area contributed by atoms with Gasteiger partial charge in [-0.1, -0.05) is 44.6 Å². The van der Waals surface area contributed by atoms with E-state index in [4.69, 9.17) is 5.11 Å². The molecule has 0 aromatic heterocycles. The van der Waals surface area contributed by atoms with Crippen LogP contribution in [0.5, 0.6) is 0 Å². The average Bonchev–Trinajstić information content (AvgIpc) is 2.46. The molecule has 0 radical (unpaired) electrons. The summed E-state index contributed by atoms with van der Waals surface area (Å²) >= 11 is 0. The number of sulfonamides is 1. The van der Waals surface area contributed by atoms with E-state index in [1.54, 1.807) is 24.3 Å². The van der Waals surface area contributed by atoms with Crippen LogP contribution in [0.3, 0.4) is 0 Å². The monoisotopic (exact) mass is 309 g/mol. The molecule has 0 saturated carbocycles. The lowest BCUT2D eigenvalue weighted by molar-refractivity contribution is 0.281.